The van der Waals surface area contributed by atoms with Gasteiger partial charge in [-0.1, -0.05) is 11.6 Å². The monoisotopic (exact) mass is 244 g/mol. The van der Waals surface area contributed by atoms with Crippen molar-refractivity contribution in [3.63, 3.8) is 0 Å². The van der Waals surface area contributed by atoms with Gasteiger partial charge in [0.25, 0.3) is 0 Å². The number of hydrogen-bond acceptors (Lipinski definition) is 3. The van der Waals surface area contributed by atoms with E-state index in [-0.39, 0.29) is 0 Å². The maximum absolute atomic E-state index is 5.06. The first-order valence-corrected chi connectivity index (χ1v) is 6.31. The third kappa shape index (κ3) is 2.99. The minimum absolute atomic E-state index is 0.786. The molecule has 1 N–H and O–H groups in total. The molecular formula is C15H20N2O. The van der Waals surface area contributed by atoms with Crippen molar-refractivity contribution in [3.8, 4) is 0 Å². The average Bonchev–Trinajstić information content (AvgIpc) is 2.35. The molecule has 96 valence electrons. The third-order valence-electron chi connectivity index (χ3n) is 2.93. The maximum atomic E-state index is 5.06. The number of aromatic nitrogens is 1. The zero-order valence-electron chi connectivity index (χ0n) is 11.3. The number of pyridine rings is 1. The SMILES string of the molecule is COCCCNc1cc(C)nc2ccc(C)cc12. The zero-order valence-corrected chi connectivity index (χ0v) is 11.3. The molecular weight excluding hydrogens is 224 g/mol. The van der Waals surface area contributed by atoms with E-state index < -0.39 is 0 Å². The molecule has 0 unspecified atom stereocenters. The van der Waals surface area contributed by atoms with E-state index in [1.54, 1.807) is 7.11 Å². The van der Waals surface area contributed by atoms with Crippen LogP contribution in [0.25, 0.3) is 10.9 Å². The van der Waals surface area contributed by atoms with Gasteiger partial charge in [-0.2, -0.15) is 0 Å². The molecule has 18 heavy (non-hydrogen) atoms. The summed E-state index contributed by atoms with van der Waals surface area (Å²) < 4.78 is 5.06. The minimum Gasteiger partial charge on any atom is -0.385 e. The summed E-state index contributed by atoms with van der Waals surface area (Å²) in [4.78, 5) is 4.56. The molecule has 0 aliphatic heterocycles. The lowest BCUT2D eigenvalue weighted by molar-refractivity contribution is 0.198. The number of nitrogens with zero attached hydrogens (tertiary/aromatic N) is 1. The molecule has 0 fully saturated rings. The summed E-state index contributed by atoms with van der Waals surface area (Å²) in [6.07, 6.45) is 1.01. The number of methoxy groups -OCH3 is 1. The van der Waals surface area contributed by atoms with E-state index in [1.807, 2.05) is 6.92 Å². The van der Waals surface area contributed by atoms with Crippen molar-refractivity contribution in [1.82, 2.24) is 4.98 Å². The van der Waals surface area contributed by atoms with Gasteiger partial charge >= 0.3 is 0 Å². The Labute approximate surface area is 108 Å². The Kier molecular flexibility index (Phi) is 4.15. The van der Waals surface area contributed by atoms with Gasteiger partial charge in [0.2, 0.25) is 0 Å². The lowest BCUT2D eigenvalue weighted by Crippen LogP contribution is -2.05. The Hall–Kier alpha value is -1.61. The van der Waals surface area contributed by atoms with Gasteiger partial charge in [0, 0.05) is 37.0 Å². The minimum atomic E-state index is 0.786. The average molecular weight is 244 g/mol. The molecule has 0 spiro atoms. The van der Waals surface area contributed by atoms with Crippen LogP contribution in [0.2, 0.25) is 0 Å². The molecule has 0 saturated carbocycles. The van der Waals surface area contributed by atoms with Crippen molar-refractivity contribution in [2.75, 3.05) is 25.6 Å². The van der Waals surface area contributed by atoms with Crippen molar-refractivity contribution in [2.45, 2.75) is 20.3 Å². The van der Waals surface area contributed by atoms with Crippen molar-refractivity contribution in [3.05, 3.63) is 35.5 Å². The zero-order chi connectivity index (χ0) is 13.0. The fourth-order valence-corrected chi connectivity index (χ4v) is 2.06. The first-order chi connectivity index (χ1) is 8.70. The molecule has 0 bridgehead atoms. The van der Waals surface area contributed by atoms with Crippen LogP contribution < -0.4 is 5.32 Å². The van der Waals surface area contributed by atoms with E-state index in [0.717, 1.165) is 36.5 Å². The van der Waals surface area contributed by atoms with E-state index in [1.165, 1.54) is 10.9 Å². The van der Waals surface area contributed by atoms with Crippen LogP contribution in [0.4, 0.5) is 5.69 Å². The van der Waals surface area contributed by atoms with Crippen molar-refractivity contribution in [2.24, 2.45) is 0 Å². The van der Waals surface area contributed by atoms with E-state index >= 15 is 0 Å². The maximum Gasteiger partial charge on any atom is 0.0726 e. The Balaban J connectivity index is 2.27. The summed E-state index contributed by atoms with van der Waals surface area (Å²) >= 11 is 0. The normalized spacial score (nSPS) is 10.8. The summed E-state index contributed by atoms with van der Waals surface area (Å²) in [5.41, 5.74) is 4.51. The van der Waals surface area contributed by atoms with Crippen LogP contribution in [0.3, 0.4) is 0 Å². The predicted molar refractivity (Wildman–Crippen MR) is 76.2 cm³/mol. The number of hydrogen-bond donors (Lipinski definition) is 1. The highest BCUT2D eigenvalue weighted by Gasteiger charge is 2.03. The molecule has 0 aliphatic rings. The Morgan fingerprint density at radius 3 is 2.83 bits per heavy atom. The highest BCUT2D eigenvalue weighted by Crippen LogP contribution is 2.24. The molecule has 3 heteroatoms. The fourth-order valence-electron chi connectivity index (χ4n) is 2.06. The highest BCUT2D eigenvalue weighted by molar-refractivity contribution is 5.91. The number of rotatable bonds is 5. The third-order valence-corrected chi connectivity index (χ3v) is 2.93. The summed E-state index contributed by atoms with van der Waals surface area (Å²) in [5.74, 6) is 0. The summed E-state index contributed by atoms with van der Waals surface area (Å²) in [7, 11) is 1.73. The molecule has 0 radical (unpaired) electrons. The lowest BCUT2D eigenvalue weighted by Gasteiger charge is -2.11. The lowest BCUT2D eigenvalue weighted by atomic mass is 10.1. The van der Waals surface area contributed by atoms with Gasteiger partial charge in [0.05, 0.1) is 5.52 Å². The second-order valence-electron chi connectivity index (χ2n) is 4.60. The van der Waals surface area contributed by atoms with Gasteiger partial charge in [-0.3, -0.25) is 4.98 Å². The van der Waals surface area contributed by atoms with Gasteiger partial charge in [-0.15, -0.1) is 0 Å². The van der Waals surface area contributed by atoms with Crippen LogP contribution in [0.1, 0.15) is 17.7 Å². The van der Waals surface area contributed by atoms with Crippen LogP contribution in [-0.4, -0.2) is 25.2 Å². The standard InChI is InChI=1S/C15H20N2O/c1-11-5-6-14-13(9-11)15(10-12(2)17-14)16-7-4-8-18-3/h5-6,9-10H,4,7-8H2,1-3H3,(H,16,17). The molecule has 0 atom stereocenters. The molecule has 1 heterocycles. The van der Waals surface area contributed by atoms with Gasteiger partial charge < -0.3 is 10.1 Å². The van der Waals surface area contributed by atoms with Gasteiger partial charge in [-0.25, -0.2) is 0 Å². The summed E-state index contributed by atoms with van der Waals surface area (Å²) in [5, 5.41) is 4.66. The molecule has 3 nitrogen and oxygen atoms in total. The Morgan fingerprint density at radius 2 is 2.06 bits per heavy atom. The number of aryl methyl sites for hydroxylation is 2. The largest absolute Gasteiger partial charge is 0.385 e. The molecule has 2 rings (SSSR count). The van der Waals surface area contributed by atoms with Crippen LogP contribution in [-0.2, 0) is 4.74 Å². The van der Waals surface area contributed by atoms with Gasteiger partial charge in [0.1, 0.15) is 0 Å². The van der Waals surface area contributed by atoms with Crippen molar-refractivity contribution >= 4 is 16.6 Å². The second kappa shape index (κ2) is 5.83. The van der Waals surface area contributed by atoms with E-state index in [2.05, 4.69) is 41.5 Å². The molecule has 1 aromatic carbocycles. The first kappa shape index (κ1) is 12.8. The number of benzene rings is 1. The molecule has 2 aromatic rings. The number of nitrogens with one attached hydrogen (secondary N) is 1. The van der Waals surface area contributed by atoms with E-state index in [0.29, 0.717) is 0 Å². The number of fused-ring (bicyclic) bond motifs is 1. The summed E-state index contributed by atoms with van der Waals surface area (Å²) in [6, 6.07) is 8.47. The number of ether oxygens (including phenoxy) is 1. The van der Waals surface area contributed by atoms with Crippen molar-refractivity contribution < 1.29 is 4.74 Å². The topological polar surface area (TPSA) is 34.1 Å². The first-order valence-electron chi connectivity index (χ1n) is 6.31. The van der Waals surface area contributed by atoms with E-state index in [9.17, 15) is 0 Å². The molecule has 0 amide bonds. The molecule has 0 aliphatic carbocycles. The van der Waals surface area contributed by atoms with E-state index in [4.69, 9.17) is 4.74 Å². The Bertz CT molecular complexity index is 537. The Morgan fingerprint density at radius 1 is 1.22 bits per heavy atom. The molecule has 1 aromatic heterocycles. The van der Waals surface area contributed by atoms with Crippen molar-refractivity contribution in [1.29, 1.82) is 0 Å². The predicted octanol–water partition coefficient (Wildman–Crippen LogP) is 3.30. The van der Waals surface area contributed by atoms with Crippen LogP contribution >= 0.6 is 0 Å². The highest BCUT2D eigenvalue weighted by atomic mass is 16.5. The number of anilines is 1. The molecule has 0 saturated heterocycles. The summed E-state index contributed by atoms with van der Waals surface area (Å²) in [6.45, 7) is 5.84. The fraction of sp³-hybridized carbons (Fsp3) is 0.400. The van der Waals surface area contributed by atoms with Crippen LogP contribution in [0.15, 0.2) is 24.3 Å². The smallest absolute Gasteiger partial charge is 0.0726 e. The van der Waals surface area contributed by atoms with Crippen LogP contribution in [0, 0.1) is 13.8 Å². The second-order valence-corrected chi connectivity index (χ2v) is 4.60. The quantitative estimate of drug-likeness (QED) is 0.819. The van der Waals surface area contributed by atoms with Gasteiger partial charge in [-0.05, 0) is 38.5 Å². The van der Waals surface area contributed by atoms with Gasteiger partial charge in [0.15, 0.2) is 0 Å². The van der Waals surface area contributed by atoms with Crippen LogP contribution in [0.5, 0.6) is 0 Å².